The molecule has 0 amide bonds. The molecule has 0 spiro atoms. The van der Waals surface area contributed by atoms with E-state index in [0.717, 1.165) is 34.5 Å². The zero-order chi connectivity index (χ0) is 21.0. The third-order valence-corrected chi connectivity index (χ3v) is 5.28. The second-order valence-corrected chi connectivity index (χ2v) is 7.38. The summed E-state index contributed by atoms with van der Waals surface area (Å²) < 4.78 is 18.4. The molecule has 0 N–H and O–H groups in total. The van der Waals surface area contributed by atoms with E-state index in [0.29, 0.717) is 38.9 Å². The van der Waals surface area contributed by atoms with Gasteiger partial charge in [0.2, 0.25) is 5.88 Å². The lowest BCUT2D eigenvalue weighted by atomic mass is 9.95. The van der Waals surface area contributed by atoms with Crippen LogP contribution in [0.2, 0.25) is 0 Å². The molecule has 2 aliphatic heterocycles. The molecule has 1 fully saturated rings. The smallest absolute Gasteiger partial charge is 0.351 e. The SMILES string of the molecule is O=c1nc(OCC2COCCO2)cc2n1CCc1cc(C#Cc3ccccn3)ccc1-2. The van der Waals surface area contributed by atoms with Gasteiger partial charge in [-0.15, -0.1) is 0 Å². The van der Waals surface area contributed by atoms with Gasteiger partial charge in [0, 0.05) is 29.9 Å². The molecule has 0 saturated carbocycles. The maximum absolute atomic E-state index is 12.6. The summed E-state index contributed by atoms with van der Waals surface area (Å²) in [5.41, 5.74) is 4.29. The van der Waals surface area contributed by atoms with Crippen LogP contribution in [-0.4, -0.2) is 47.1 Å². The topological polar surface area (TPSA) is 75.5 Å². The van der Waals surface area contributed by atoms with Crippen molar-refractivity contribution in [3.8, 4) is 29.0 Å². The van der Waals surface area contributed by atoms with Gasteiger partial charge in [-0.05, 0) is 42.2 Å². The lowest BCUT2D eigenvalue weighted by molar-refractivity contribution is -0.102. The van der Waals surface area contributed by atoms with Gasteiger partial charge in [0.1, 0.15) is 18.4 Å². The maximum atomic E-state index is 12.6. The number of pyridine rings is 1. The summed E-state index contributed by atoms with van der Waals surface area (Å²) >= 11 is 0. The molecule has 0 bridgehead atoms. The highest BCUT2D eigenvalue weighted by molar-refractivity contribution is 5.68. The predicted octanol–water partition coefficient (Wildman–Crippen LogP) is 2.06. The number of rotatable bonds is 3. The lowest BCUT2D eigenvalue weighted by Crippen LogP contribution is -2.34. The fraction of sp³-hybridized carbons (Fsp3) is 0.292. The van der Waals surface area contributed by atoms with E-state index in [1.165, 1.54) is 0 Å². The number of aromatic nitrogens is 3. The average Bonchev–Trinajstić information content (AvgIpc) is 2.82. The van der Waals surface area contributed by atoms with Crippen molar-refractivity contribution in [3.05, 3.63) is 76.0 Å². The van der Waals surface area contributed by atoms with Crippen molar-refractivity contribution in [2.24, 2.45) is 0 Å². The zero-order valence-electron chi connectivity index (χ0n) is 16.9. The van der Waals surface area contributed by atoms with Crippen LogP contribution in [-0.2, 0) is 22.4 Å². The number of nitrogens with zero attached hydrogens (tertiary/aromatic N) is 3. The molecular weight excluding hydrogens is 394 g/mol. The van der Waals surface area contributed by atoms with E-state index in [9.17, 15) is 4.79 Å². The second kappa shape index (κ2) is 8.72. The molecule has 1 saturated heterocycles. The molecule has 1 atom stereocenters. The van der Waals surface area contributed by atoms with Crippen molar-refractivity contribution in [2.45, 2.75) is 19.1 Å². The summed E-state index contributed by atoms with van der Waals surface area (Å²) in [5, 5.41) is 0. The standard InChI is InChI=1S/C24H21N3O4/c28-24-26-23(31-16-20-15-29-11-12-30-20)14-22-21-7-5-17(13-18(21)8-10-27(22)24)4-6-19-3-1-2-9-25-19/h1-3,5,7,9,13-14,20H,8,10-12,15-16H2. The van der Waals surface area contributed by atoms with E-state index in [-0.39, 0.29) is 11.8 Å². The number of aryl methyl sites for hydroxylation is 1. The molecule has 3 aromatic rings. The van der Waals surface area contributed by atoms with Crippen LogP contribution in [0.5, 0.6) is 5.88 Å². The van der Waals surface area contributed by atoms with Gasteiger partial charge in [-0.3, -0.25) is 4.57 Å². The van der Waals surface area contributed by atoms with Gasteiger partial charge in [-0.2, -0.15) is 4.98 Å². The van der Waals surface area contributed by atoms with Crippen LogP contribution in [0.3, 0.4) is 0 Å². The minimum absolute atomic E-state index is 0.151. The van der Waals surface area contributed by atoms with Crippen molar-refractivity contribution < 1.29 is 14.2 Å². The Balaban J connectivity index is 1.40. The Morgan fingerprint density at radius 2 is 2.13 bits per heavy atom. The Morgan fingerprint density at radius 1 is 1.16 bits per heavy atom. The monoisotopic (exact) mass is 415 g/mol. The first-order valence-electron chi connectivity index (χ1n) is 10.3. The zero-order valence-corrected chi connectivity index (χ0v) is 16.9. The number of ether oxygens (including phenoxy) is 3. The molecule has 0 aliphatic carbocycles. The highest BCUT2D eigenvalue weighted by Gasteiger charge is 2.20. The van der Waals surface area contributed by atoms with Crippen LogP contribution in [0.15, 0.2) is 53.5 Å². The van der Waals surface area contributed by atoms with Crippen LogP contribution < -0.4 is 10.4 Å². The number of hydrogen-bond donors (Lipinski definition) is 0. The molecule has 156 valence electrons. The molecule has 7 heteroatoms. The van der Waals surface area contributed by atoms with E-state index in [1.807, 2.05) is 36.4 Å². The number of benzene rings is 1. The van der Waals surface area contributed by atoms with Crippen molar-refractivity contribution in [2.75, 3.05) is 26.4 Å². The first-order chi connectivity index (χ1) is 15.3. The van der Waals surface area contributed by atoms with Gasteiger partial charge in [0.15, 0.2) is 0 Å². The van der Waals surface area contributed by atoms with Gasteiger partial charge >= 0.3 is 5.69 Å². The van der Waals surface area contributed by atoms with Crippen molar-refractivity contribution in [1.82, 2.24) is 14.5 Å². The average molecular weight is 415 g/mol. The van der Waals surface area contributed by atoms with Crippen molar-refractivity contribution in [3.63, 3.8) is 0 Å². The Morgan fingerprint density at radius 3 is 2.97 bits per heavy atom. The Hall–Kier alpha value is -3.47. The summed E-state index contributed by atoms with van der Waals surface area (Å²) in [4.78, 5) is 20.9. The summed E-state index contributed by atoms with van der Waals surface area (Å²) in [6.45, 7) is 2.50. The molecule has 5 rings (SSSR count). The normalized spacial score (nSPS) is 17.1. The number of fused-ring (bicyclic) bond motifs is 3. The Bertz CT molecular complexity index is 1200. The largest absolute Gasteiger partial charge is 0.475 e. The highest BCUT2D eigenvalue weighted by Crippen LogP contribution is 2.30. The van der Waals surface area contributed by atoms with Crippen molar-refractivity contribution in [1.29, 1.82) is 0 Å². The molecular formula is C24H21N3O4. The minimum atomic E-state index is -0.307. The van der Waals surface area contributed by atoms with Gasteiger partial charge in [0.05, 0.1) is 25.5 Å². The quantitative estimate of drug-likeness (QED) is 0.610. The molecule has 7 nitrogen and oxygen atoms in total. The first kappa shape index (κ1) is 19.5. The third-order valence-electron chi connectivity index (χ3n) is 5.28. The third kappa shape index (κ3) is 4.36. The number of hydrogen-bond acceptors (Lipinski definition) is 6. The van der Waals surface area contributed by atoms with Crippen LogP contribution in [0.1, 0.15) is 16.8 Å². The minimum Gasteiger partial charge on any atom is -0.475 e. The predicted molar refractivity (Wildman–Crippen MR) is 114 cm³/mol. The Labute approximate surface area is 179 Å². The Kier molecular flexibility index (Phi) is 5.48. The molecule has 1 unspecified atom stereocenters. The summed E-state index contributed by atoms with van der Waals surface area (Å²) in [7, 11) is 0. The van der Waals surface area contributed by atoms with E-state index in [2.05, 4.69) is 27.9 Å². The molecule has 4 heterocycles. The molecule has 0 radical (unpaired) electrons. The highest BCUT2D eigenvalue weighted by atomic mass is 16.6. The first-order valence-corrected chi connectivity index (χ1v) is 10.3. The van der Waals surface area contributed by atoms with Gasteiger partial charge in [-0.25, -0.2) is 9.78 Å². The summed E-state index contributed by atoms with van der Waals surface area (Å²) in [6.07, 6.45) is 2.32. The van der Waals surface area contributed by atoms with Gasteiger partial charge in [-0.1, -0.05) is 18.1 Å². The van der Waals surface area contributed by atoms with Crippen LogP contribution in [0.25, 0.3) is 11.3 Å². The van der Waals surface area contributed by atoms with Crippen molar-refractivity contribution >= 4 is 0 Å². The van der Waals surface area contributed by atoms with Gasteiger partial charge < -0.3 is 14.2 Å². The van der Waals surface area contributed by atoms with Gasteiger partial charge in [0.25, 0.3) is 0 Å². The maximum Gasteiger partial charge on any atom is 0.351 e. The molecule has 31 heavy (non-hydrogen) atoms. The van der Waals surface area contributed by atoms with E-state index in [1.54, 1.807) is 10.8 Å². The molecule has 2 aromatic heterocycles. The fourth-order valence-corrected chi connectivity index (χ4v) is 3.74. The van der Waals surface area contributed by atoms with Crippen LogP contribution in [0, 0.1) is 11.8 Å². The second-order valence-electron chi connectivity index (χ2n) is 7.38. The van der Waals surface area contributed by atoms with E-state index >= 15 is 0 Å². The summed E-state index contributed by atoms with van der Waals surface area (Å²) in [6, 6.07) is 13.5. The lowest BCUT2D eigenvalue weighted by Gasteiger charge is -2.24. The summed E-state index contributed by atoms with van der Waals surface area (Å²) in [5.74, 6) is 6.56. The van der Waals surface area contributed by atoms with E-state index < -0.39 is 0 Å². The van der Waals surface area contributed by atoms with E-state index in [4.69, 9.17) is 14.2 Å². The van der Waals surface area contributed by atoms with Crippen LogP contribution in [0.4, 0.5) is 0 Å². The fourth-order valence-electron chi connectivity index (χ4n) is 3.74. The molecule has 2 aliphatic rings. The van der Waals surface area contributed by atoms with Crippen LogP contribution >= 0.6 is 0 Å². The molecule has 1 aromatic carbocycles.